The van der Waals surface area contributed by atoms with Crippen molar-refractivity contribution < 1.29 is 18.7 Å². The summed E-state index contributed by atoms with van der Waals surface area (Å²) in [7, 11) is 0. The average Bonchev–Trinajstić information content (AvgIpc) is 2.96. The van der Waals surface area contributed by atoms with Crippen LogP contribution < -0.4 is 21.1 Å². The van der Waals surface area contributed by atoms with Crippen LogP contribution in [0.1, 0.15) is 0 Å². The molecule has 0 aliphatic carbocycles. The lowest BCUT2D eigenvalue weighted by Crippen LogP contribution is -2.47. The van der Waals surface area contributed by atoms with Crippen LogP contribution in [0.4, 0.5) is 31.8 Å². The number of anilines is 4. The first-order valence-electron chi connectivity index (χ1n) is 12.5. The summed E-state index contributed by atoms with van der Waals surface area (Å²) in [4.78, 5) is 40.3. The van der Waals surface area contributed by atoms with Crippen molar-refractivity contribution >= 4 is 40.0 Å². The molecule has 1 aliphatic rings. The number of carbonyl (C=O) groups is 1. The number of rotatable bonds is 8. The van der Waals surface area contributed by atoms with E-state index in [0.717, 1.165) is 18.2 Å². The highest BCUT2D eigenvalue weighted by atomic mass is 19.1. The van der Waals surface area contributed by atoms with E-state index in [4.69, 9.17) is 5.11 Å². The normalized spacial score (nSPS) is 13.8. The minimum atomic E-state index is -0.698. The van der Waals surface area contributed by atoms with E-state index >= 15 is 8.78 Å². The van der Waals surface area contributed by atoms with Crippen LogP contribution in [0.2, 0.25) is 0 Å². The summed E-state index contributed by atoms with van der Waals surface area (Å²) >= 11 is 0. The van der Waals surface area contributed by atoms with Gasteiger partial charge in [-0.1, -0.05) is 12.6 Å². The molecule has 1 amide bonds. The molecule has 3 N–H and O–H groups in total. The summed E-state index contributed by atoms with van der Waals surface area (Å²) in [5.41, 5.74) is 0.599. The fourth-order valence-corrected chi connectivity index (χ4v) is 4.47. The van der Waals surface area contributed by atoms with E-state index in [1.807, 2.05) is 0 Å². The Morgan fingerprint density at radius 1 is 1.10 bits per heavy atom. The molecule has 2 aromatic heterocycles. The Balaban J connectivity index is 1.44. The number of fused-ring (bicyclic) bond motifs is 1. The highest BCUT2D eigenvalue weighted by Gasteiger charge is 2.21. The molecule has 0 unspecified atom stereocenters. The molecule has 11 nitrogen and oxygen atoms in total. The molecule has 0 radical (unpaired) electrons. The summed E-state index contributed by atoms with van der Waals surface area (Å²) in [6.07, 6.45) is 3.68. The van der Waals surface area contributed by atoms with Crippen molar-refractivity contribution in [3.63, 3.8) is 0 Å². The first kappa shape index (κ1) is 26.8. The quantitative estimate of drug-likeness (QED) is 0.285. The molecule has 1 aliphatic heterocycles. The van der Waals surface area contributed by atoms with Crippen LogP contribution in [0.15, 0.2) is 66.4 Å². The number of piperazine rings is 1. The molecule has 3 heterocycles. The fraction of sp³-hybridized carbons (Fsp3) is 0.222. The Bertz CT molecular complexity index is 1640. The number of hydrogen-bond acceptors (Lipinski definition) is 9. The van der Waals surface area contributed by atoms with Gasteiger partial charge < -0.3 is 20.6 Å². The maximum absolute atomic E-state index is 15.1. The Hall–Kier alpha value is -4.75. The van der Waals surface area contributed by atoms with E-state index in [1.165, 1.54) is 17.1 Å². The molecular formula is C27H26F2N8O3. The zero-order chi connectivity index (χ0) is 28.2. The standard InChI is InChI=1S/C27H26F2N8O3/c1-2-24(39)32-17-4-3-5-18(12-17)37-16-31-26(40)19-15-30-27(34-25(19)37)33-22-13-21(29)23(14-20(22)28)36-8-6-35(7-9-36)10-11-38/h2-5,12-16,38H,1,6-11H2,(H,32,39)(H,30,33,34). The van der Waals surface area contributed by atoms with Crippen LogP contribution >= 0.6 is 0 Å². The van der Waals surface area contributed by atoms with Crippen molar-refractivity contribution in [3.8, 4) is 5.69 Å². The number of aromatic nitrogens is 4. The summed E-state index contributed by atoms with van der Waals surface area (Å²) in [6, 6.07) is 8.93. The number of halogens is 2. The average molecular weight is 549 g/mol. The van der Waals surface area contributed by atoms with E-state index in [-0.39, 0.29) is 35.0 Å². The molecule has 5 rings (SSSR count). The summed E-state index contributed by atoms with van der Waals surface area (Å²) in [5.74, 6) is -1.76. The lowest BCUT2D eigenvalue weighted by Gasteiger charge is -2.36. The van der Waals surface area contributed by atoms with Crippen molar-refractivity contribution in [1.29, 1.82) is 0 Å². The second-order valence-electron chi connectivity index (χ2n) is 9.06. The van der Waals surface area contributed by atoms with E-state index < -0.39 is 23.1 Å². The number of carbonyl (C=O) groups excluding carboxylic acids is 1. The number of aliphatic hydroxyl groups excluding tert-OH is 1. The summed E-state index contributed by atoms with van der Waals surface area (Å²) in [6.45, 7) is 6.29. The van der Waals surface area contributed by atoms with Crippen molar-refractivity contribution in [2.45, 2.75) is 0 Å². The van der Waals surface area contributed by atoms with Crippen LogP contribution in [0, 0.1) is 11.6 Å². The highest BCUT2D eigenvalue weighted by molar-refractivity contribution is 5.99. The van der Waals surface area contributed by atoms with Crippen molar-refractivity contribution in [2.75, 3.05) is 54.9 Å². The molecule has 0 bridgehead atoms. The minimum Gasteiger partial charge on any atom is -0.395 e. The maximum Gasteiger partial charge on any atom is 0.283 e. The van der Waals surface area contributed by atoms with E-state index in [0.29, 0.717) is 44.1 Å². The van der Waals surface area contributed by atoms with Crippen LogP contribution in [0.25, 0.3) is 16.7 Å². The molecule has 4 aromatic rings. The van der Waals surface area contributed by atoms with Gasteiger partial charge in [0.2, 0.25) is 11.9 Å². The van der Waals surface area contributed by atoms with E-state index in [1.54, 1.807) is 29.2 Å². The lowest BCUT2D eigenvalue weighted by molar-refractivity contribution is -0.111. The minimum absolute atomic E-state index is 0.0488. The van der Waals surface area contributed by atoms with Gasteiger partial charge in [0.1, 0.15) is 23.3 Å². The largest absolute Gasteiger partial charge is 0.395 e. The number of nitrogens with one attached hydrogen (secondary N) is 2. The predicted molar refractivity (Wildman–Crippen MR) is 147 cm³/mol. The molecule has 1 saturated heterocycles. The van der Waals surface area contributed by atoms with E-state index in [2.05, 4.69) is 37.1 Å². The molecule has 13 heteroatoms. The Labute approximate surface area is 227 Å². The zero-order valence-electron chi connectivity index (χ0n) is 21.3. The molecule has 0 atom stereocenters. The van der Waals surface area contributed by atoms with Gasteiger partial charge in [-0.2, -0.15) is 9.97 Å². The summed E-state index contributed by atoms with van der Waals surface area (Å²) < 4.78 is 31.7. The Kier molecular flexibility index (Phi) is 7.75. The van der Waals surface area contributed by atoms with Crippen LogP contribution in [-0.4, -0.2) is 74.8 Å². The highest BCUT2D eigenvalue weighted by Crippen LogP contribution is 2.29. The number of amides is 1. The molecule has 0 saturated carbocycles. The molecule has 1 fully saturated rings. The number of nitrogens with zero attached hydrogens (tertiary/aromatic N) is 6. The Morgan fingerprint density at radius 2 is 1.90 bits per heavy atom. The van der Waals surface area contributed by atoms with Crippen LogP contribution in [0.3, 0.4) is 0 Å². The third kappa shape index (κ3) is 5.65. The number of benzene rings is 2. The molecule has 40 heavy (non-hydrogen) atoms. The van der Waals surface area contributed by atoms with Gasteiger partial charge in [0.05, 0.1) is 23.7 Å². The second kappa shape index (κ2) is 11.6. The monoisotopic (exact) mass is 548 g/mol. The third-order valence-electron chi connectivity index (χ3n) is 6.51. The molecule has 206 valence electrons. The molecule has 2 aromatic carbocycles. The van der Waals surface area contributed by atoms with Gasteiger partial charge in [-0.3, -0.25) is 19.1 Å². The van der Waals surface area contributed by atoms with Gasteiger partial charge in [0.15, 0.2) is 5.65 Å². The van der Waals surface area contributed by atoms with Gasteiger partial charge in [-0.25, -0.2) is 13.8 Å². The topological polar surface area (TPSA) is 129 Å². The first-order chi connectivity index (χ1) is 19.4. The molecular weight excluding hydrogens is 522 g/mol. The van der Waals surface area contributed by atoms with E-state index in [9.17, 15) is 9.59 Å². The number of aliphatic hydroxyl groups is 1. The van der Waals surface area contributed by atoms with Crippen molar-refractivity contribution in [1.82, 2.24) is 24.4 Å². The lowest BCUT2D eigenvalue weighted by atomic mass is 10.2. The Morgan fingerprint density at radius 3 is 2.65 bits per heavy atom. The second-order valence-corrected chi connectivity index (χ2v) is 9.06. The third-order valence-corrected chi connectivity index (χ3v) is 6.51. The number of β-amino-alcohol motifs (C(OH)–C–C–N with tert-alkyl or cyclic N) is 1. The maximum atomic E-state index is 15.1. The SMILES string of the molecule is C=CC(=O)Nc1cccc(-n2cnc(=O)c3cnc(Nc4cc(F)c(N5CCN(CCO)CC5)cc4F)nc32)c1. The van der Waals surface area contributed by atoms with Gasteiger partial charge >= 0.3 is 0 Å². The predicted octanol–water partition coefficient (Wildman–Crippen LogP) is 2.44. The number of hydrogen-bond donors (Lipinski definition) is 3. The fourth-order valence-electron chi connectivity index (χ4n) is 4.47. The van der Waals surface area contributed by atoms with Gasteiger partial charge in [-0.15, -0.1) is 0 Å². The van der Waals surface area contributed by atoms with Crippen molar-refractivity contribution in [3.05, 3.63) is 83.6 Å². The van der Waals surface area contributed by atoms with Gasteiger partial charge in [-0.05, 0) is 24.3 Å². The molecule has 0 spiro atoms. The van der Waals surface area contributed by atoms with Gasteiger partial charge in [0.25, 0.3) is 5.56 Å². The van der Waals surface area contributed by atoms with Crippen molar-refractivity contribution in [2.24, 2.45) is 0 Å². The summed E-state index contributed by atoms with van der Waals surface area (Å²) in [5, 5.41) is 14.6. The zero-order valence-corrected chi connectivity index (χ0v) is 21.3. The smallest absolute Gasteiger partial charge is 0.283 e. The van der Waals surface area contributed by atoms with Gasteiger partial charge in [0, 0.05) is 56.7 Å². The van der Waals surface area contributed by atoms with Crippen LogP contribution in [-0.2, 0) is 4.79 Å². The first-order valence-corrected chi connectivity index (χ1v) is 12.5. The van der Waals surface area contributed by atoms with Crippen LogP contribution in [0.5, 0.6) is 0 Å².